The Morgan fingerprint density at radius 1 is 1.31 bits per heavy atom. The normalized spacial score (nSPS) is 29.3. The molecule has 1 heterocycles. The van der Waals surface area contributed by atoms with Crippen LogP contribution in [0.2, 0.25) is 0 Å². The van der Waals surface area contributed by atoms with Crippen LogP contribution in [0, 0.1) is 5.92 Å². The Balaban J connectivity index is 1.99. The number of rotatable bonds is 3. The van der Waals surface area contributed by atoms with E-state index in [0.29, 0.717) is 12.0 Å². The lowest BCUT2D eigenvalue weighted by atomic mass is 9.87. The van der Waals surface area contributed by atoms with Crippen molar-refractivity contribution in [3.8, 4) is 0 Å². The summed E-state index contributed by atoms with van der Waals surface area (Å²) in [6, 6.07) is 0.570. The van der Waals surface area contributed by atoms with Gasteiger partial charge in [0.2, 0.25) is 0 Å². The summed E-state index contributed by atoms with van der Waals surface area (Å²) in [5, 5.41) is 3.51. The second-order valence-electron chi connectivity index (χ2n) is 5.12. The largest absolute Gasteiger partial charge is 0.381 e. The zero-order valence-corrected chi connectivity index (χ0v) is 10.5. The third-order valence-corrected chi connectivity index (χ3v) is 3.97. The molecule has 1 aliphatic carbocycles. The first kappa shape index (κ1) is 12.1. The van der Waals surface area contributed by atoms with Gasteiger partial charge >= 0.3 is 0 Å². The fourth-order valence-corrected chi connectivity index (χ4v) is 3.04. The number of allylic oxidation sites excluding steroid dienone is 1. The van der Waals surface area contributed by atoms with Crippen molar-refractivity contribution >= 4 is 0 Å². The van der Waals surface area contributed by atoms with Crippen molar-refractivity contribution < 1.29 is 4.74 Å². The molecular formula is C14H25NO. The predicted octanol–water partition coefficient (Wildman–Crippen LogP) is 2.89. The van der Waals surface area contributed by atoms with Crippen LogP contribution in [0.3, 0.4) is 0 Å². The van der Waals surface area contributed by atoms with E-state index in [2.05, 4.69) is 18.4 Å². The fourth-order valence-electron chi connectivity index (χ4n) is 3.04. The summed E-state index contributed by atoms with van der Waals surface area (Å²) < 4.78 is 5.52. The van der Waals surface area contributed by atoms with E-state index in [1.165, 1.54) is 44.9 Å². The summed E-state index contributed by atoms with van der Waals surface area (Å²) in [5.74, 6) is 0.704. The molecule has 1 fully saturated rings. The summed E-state index contributed by atoms with van der Waals surface area (Å²) in [6.07, 6.45) is 11.9. The maximum atomic E-state index is 5.52. The summed E-state index contributed by atoms with van der Waals surface area (Å²) >= 11 is 0. The van der Waals surface area contributed by atoms with E-state index in [9.17, 15) is 0 Å². The minimum atomic E-state index is 0.570. The monoisotopic (exact) mass is 223 g/mol. The molecule has 2 rings (SSSR count). The fraction of sp³-hybridized carbons (Fsp3) is 0.857. The number of likely N-dealkylation sites (N-methyl/N-ethyl adjacent to an activating group) is 1. The van der Waals surface area contributed by atoms with Crippen molar-refractivity contribution in [3.63, 3.8) is 0 Å². The van der Waals surface area contributed by atoms with Crippen LogP contribution in [0.25, 0.3) is 0 Å². The second-order valence-corrected chi connectivity index (χ2v) is 5.12. The summed E-state index contributed by atoms with van der Waals surface area (Å²) in [4.78, 5) is 0. The van der Waals surface area contributed by atoms with Crippen LogP contribution in [0.4, 0.5) is 0 Å². The highest BCUT2D eigenvalue weighted by atomic mass is 16.5. The molecule has 0 spiro atoms. The molecule has 2 aliphatic rings. The molecule has 0 saturated carbocycles. The van der Waals surface area contributed by atoms with Crippen molar-refractivity contribution in [1.29, 1.82) is 0 Å². The van der Waals surface area contributed by atoms with Crippen LogP contribution >= 0.6 is 0 Å². The molecule has 2 heteroatoms. The van der Waals surface area contributed by atoms with Crippen LogP contribution in [0.1, 0.15) is 44.9 Å². The minimum absolute atomic E-state index is 0.570. The third-order valence-electron chi connectivity index (χ3n) is 3.97. The molecule has 1 N–H and O–H groups in total. The Bertz CT molecular complexity index is 231. The van der Waals surface area contributed by atoms with E-state index in [-0.39, 0.29) is 0 Å². The second kappa shape index (κ2) is 6.41. The highest BCUT2D eigenvalue weighted by molar-refractivity contribution is 5.13. The zero-order chi connectivity index (χ0) is 11.2. The molecule has 92 valence electrons. The lowest BCUT2D eigenvalue weighted by molar-refractivity contribution is 0.180. The molecule has 2 atom stereocenters. The highest BCUT2D eigenvalue weighted by Crippen LogP contribution is 2.27. The van der Waals surface area contributed by atoms with Gasteiger partial charge in [0.05, 0.1) is 6.61 Å². The van der Waals surface area contributed by atoms with Gasteiger partial charge in [0.1, 0.15) is 0 Å². The quantitative estimate of drug-likeness (QED) is 0.743. The molecule has 0 amide bonds. The molecule has 2 unspecified atom stereocenters. The van der Waals surface area contributed by atoms with E-state index in [1.807, 2.05) is 0 Å². The smallest absolute Gasteiger partial charge is 0.0513 e. The lowest BCUT2D eigenvalue weighted by Gasteiger charge is -2.26. The third kappa shape index (κ3) is 3.08. The van der Waals surface area contributed by atoms with Crippen LogP contribution in [-0.4, -0.2) is 26.3 Å². The molecule has 0 aromatic rings. The van der Waals surface area contributed by atoms with Gasteiger partial charge in [0, 0.05) is 18.6 Å². The Kier molecular flexibility index (Phi) is 4.86. The van der Waals surface area contributed by atoms with Crippen LogP contribution in [-0.2, 0) is 4.74 Å². The average molecular weight is 223 g/mol. The molecule has 0 aromatic carbocycles. The van der Waals surface area contributed by atoms with E-state index >= 15 is 0 Å². The SMILES string of the molecule is CNC(C1=CCCCCCC1)C1CCOC1. The first-order chi connectivity index (χ1) is 7.92. The van der Waals surface area contributed by atoms with E-state index in [1.54, 1.807) is 5.57 Å². The summed E-state index contributed by atoms with van der Waals surface area (Å²) in [5.41, 5.74) is 1.65. The number of hydrogen-bond acceptors (Lipinski definition) is 2. The van der Waals surface area contributed by atoms with Crippen molar-refractivity contribution in [2.45, 2.75) is 51.0 Å². The van der Waals surface area contributed by atoms with Gasteiger partial charge in [-0.15, -0.1) is 0 Å². The standard InChI is InChI=1S/C14H25NO/c1-15-14(13-9-10-16-11-13)12-7-5-3-2-4-6-8-12/h7,13-15H,2-6,8-11H2,1H3. The number of ether oxygens (including phenoxy) is 1. The molecule has 1 saturated heterocycles. The van der Waals surface area contributed by atoms with E-state index in [4.69, 9.17) is 4.74 Å². The molecular weight excluding hydrogens is 198 g/mol. The van der Waals surface area contributed by atoms with Gasteiger partial charge < -0.3 is 10.1 Å². The predicted molar refractivity (Wildman–Crippen MR) is 67.6 cm³/mol. The maximum absolute atomic E-state index is 5.52. The Morgan fingerprint density at radius 2 is 2.19 bits per heavy atom. The van der Waals surface area contributed by atoms with E-state index < -0.39 is 0 Å². The molecule has 0 radical (unpaired) electrons. The highest BCUT2D eigenvalue weighted by Gasteiger charge is 2.27. The maximum Gasteiger partial charge on any atom is 0.0513 e. The molecule has 16 heavy (non-hydrogen) atoms. The van der Waals surface area contributed by atoms with Gasteiger partial charge in [-0.3, -0.25) is 0 Å². The van der Waals surface area contributed by atoms with Gasteiger partial charge in [-0.05, 0) is 39.2 Å². The lowest BCUT2D eigenvalue weighted by Crippen LogP contribution is -2.36. The molecule has 1 aliphatic heterocycles. The molecule has 2 nitrogen and oxygen atoms in total. The Hall–Kier alpha value is -0.340. The topological polar surface area (TPSA) is 21.3 Å². The van der Waals surface area contributed by atoms with Gasteiger partial charge in [0.15, 0.2) is 0 Å². The molecule has 0 bridgehead atoms. The van der Waals surface area contributed by atoms with Gasteiger partial charge in [0.25, 0.3) is 0 Å². The van der Waals surface area contributed by atoms with E-state index in [0.717, 1.165) is 13.2 Å². The molecule has 0 aromatic heterocycles. The van der Waals surface area contributed by atoms with Crippen molar-refractivity contribution in [2.24, 2.45) is 5.92 Å². The summed E-state index contributed by atoms with van der Waals surface area (Å²) in [6.45, 7) is 1.90. The van der Waals surface area contributed by atoms with Crippen LogP contribution in [0.5, 0.6) is 0 Å². The van der Waals surface area contributed by atoms with Crippen molar-refractivity contribution in [1.82, 2.24) is 5.32 Å². The van der Waals surface area contributed by atoms with Gasteiger partial charge in [-0.1, -0.05) is 24.5 Å². The van der Waals surface area contributed by atoms with Crippen molar-refractivity contribution in [3.05, 3.63) is 11.6 Å². The average Bonchev–Trinajstić information content (AvgIpc) is 2.75. The first-order valence-corrected chi connectivity index (χ1v) is 6.86. The van der Waals surface area contributed by atoms with Crippen LogP contribution < -0.4 is 5.32 Å². The number of hydrogen-bond donors (Lipinski definition) is 1. The summed E-state index contributed by atoms with van der Waals surface area (Å²) in [7, 11) is 2.10. The van der Waals surface area contributed by atoms with Gasteiger partial charge in [-0.2, -0.15) is 0 Å². The Morgan fingerprint density at radius 3 is 2.94 bits per heavy atom. The zero-order valence-electron chi connectivity index (χ0n) is 10.5. The number of nitrogens with one attached hydrogen (secondary N) is 1. The van der Waals surface area contributed by atoms with Gasteiger partial charge in [-0.25, -0.2) is 0 Å². The minimum Gasteiger partial charge on any atom is -0.381 e. The Labute approximate surface area is 99.4 Å². The van der Waals surface area contributed by atoms with Crippen molar-refractivity contribution in [2.75, 3.05) is 20.3 Å². The first-order valence-electron chi connectivity index (χ1n) is 6.86. The van der Waals surface area contributed by atoms with Crippen LogP contribution in [0.15, 0.2) is 11.6 Å².